The van der Waals surface area contributed by atoms with E-state index in [-0.39, 0.29) is 5.56 Å². The smallest absolute Gasteiger partial charge is 0.272 e. The van der Waals surface area contributed by atoms with Crippen molar-refractivity contribution in [2.45, 2.75) is 39.3 Å². The lowest BCUT2D eigenvalue weighted by Crippen LogP contribution is -2.26. The second-order valence-corrected chi connectivity index (χ2v) is 6.58. The van der Waals surface area contributed by atoms with E-state index in [1.54, 1.807) is 12.3 Å². The van der Waals surface area contributed by atoms with Crippen LogP contribution in [0.15, 0.2) is 23.1 Å². The Morgan fingerprint density at radius 1 is 1.38 bits per heavy atom. The van der Waals surface area contributed by atoms with E-state index in [1.165, 1.54) is 15.8 Å². The number of aromatic nitrogens is 5. The van der Waals surface area contributed by atoms with Crippen molar-refractivity contribution in [1.29, 1.82) is 0 Å². The minimum absolute atomic E-state index is 0.0653. The molecule has 4 heterocycles. The van der Waals surface area contributed by atoms with Crippen LogP contribution in [0.25, 0.3) is 5.65 Å². The minimum Gasteiger partial charge on any atom is -0.297 e. The molecule has 4 rings (SSSR count). The van der Waals surface area contributed by atoms with Crippen LogP contribution in [-0.2, 0) is 13.6 Å². The molecule has 0 bridgehead atoms. The van der Waals surface area contributed by atoms with E-state index in [9.17, 15) is 4.79 Å². The number of nitrogens with zero attached hydrogens (tertiary/aromatic N) is 5. The second-order valence-electron chi connectivity index (χ2n) is 6.58. The molecule has 7 nitrogen and oxygen atoms in total. The first-order chi connectivity index (χ1) is 11.5. The number of nitrogens with one attached hydrogen (secondary N) is 1. The van der Waals surface area contributed by atoms with Crippen molar-refractivity contribution >= 4 is 5.65 Å². The van der Waals surface area contributed by atoms with Crippen molar-refractivity contribution in [1.82, 2.24) is 29.3 Å². The van der Waals surface area contributed by atoms with Crippen molar-refractivity contribution < 1.29 is 0 Å². The summed E-state index contributed by atoms with van der Waals surface area (Å²) in [4.78, 5) is 19.2. The Hall–Kier alpha value is -2.41. The fourth-order valence-electron chi connectivity index (χ4n) is 3.88. The fraction of sp³-hybridized carbons (Fsp3) is 0.471. The highest BCUT2D eigenvalue weighted by molar-refractivity contribution is 5.36. The molecule has 0 aliphatic carbocycles. The van der Waals surface area contributed by atoms with Gasteiger partial charge in [0.15, 0.2) is 5.65 Å². The molecule has 7 heteroatoms. The molecule has 1 N–H and O–H groups in total. The van der Waals surface area contributed by atoms with Gasteiger partial charge in [0.05, 0.1) is 11.4 Å². The number of H-pyrrole nitrogens is 1. The molecule has 126 valence electrons. The third-order valence-corrected chi connectivity index (χ3v) is 5.06. The maximum Gasteiger partial charge on any atom is 0.272 e. The number of likely N-dealkylation sites (tertiary alicyclic amines) is 1. The van der Waals surface area contributed by atoms with Gasteiger partial charge in [-0.3, -0.25) is 19.5 Å². The highest BCUT2D eigenvalue weighted by Gasteiger charge is 2.30. The molecule has 3 aromatic rings. The van der Waals surface area contributed by atoms with Crippen LogP contribution in [0, 0.1) is 13.8 Å². The van der Waals surface area contributed by atoms with Crippen molar-refractivity contribution in [3.05, 3.63) is 51.3 Å². The number of aromatic amines is 1. The number of hydrogen-bond donors (Lipinski definition) is 1. The zero-order valence-electron chi connectivity index (χ0n) is 14.3. The fourth-order valence-corrected chi connectivity index (χ4v) is 3.88. The third-order valence-electron chi connectivity index (χ3n) is 5.06. The Morgan fingerprint density at radius 2 is 2.21 bits per heavy atom. The van der Waals surface area contributed by atoms with Crippen molar-refractivity contribution in [2.24, 2.45) is 7.05 Å². The van der Waals surface area contributed by atoms with Gasteiger partial charge in [-0.25, -0.2) is 9.50 Å². The molecule has 3 aromatic heterocycles. The molecule has 1 saturated heterocycles. The zero-order valence-corrected chi connectivity index (χ0v) is 14.3. The predicted octanol–water partition coefficient (Wildman–Crippen LogP) is 1.71. The van der Waals surface area contributed by atoms with E-state index in [4.69, 9.17) is 0 Å². The molecule has 24 heavy (non-hydrogen) atoms. The summed E-state index contributed by atoms with van der Waals surface area (Å²) in [6.45, 7) is 5.92. The highest BCUT2D eigenvalue weighted by atomic mass is 16.1. The lowest BCUT2D eigenvalue weighted by Gasteiger charge is -2.24. The average Bonchev–Trinajstić information content (AvgIpc) is 3.22. The van der Waals surface area contributed by atoms with Gasteiger partial charge >= 0.3 is 0 Å². The zero-order chi connectivity index (χ0) is 16.8. The van der Waals surface area contributed by atoms with E-state index in [1.807, 2.05) is 17.8 Å². The Balaban J connectivity index is 1.66. The summed E-state index contributed by atoms with van der Waals surface area (Å²) in [7, 11) is 1.99. The first-order valence-electron chi connectivity index (χ1n) is 8.35. The first kappa shape index (κ1) is 15.1. The number of fused-ring (bicyclic) bond motifs is 1. The Bertz CT molecular complexity index is 950. The molecular formula is C17H22N6O. The van der Waals surface area contributed by atoms with Crippen LogP contribution in [0.2, 0.25) is 0 Å². The van der Waals surface area contributed by atoms with Gasteiger partial charge in [0.25, 0.3) is 5.56 Å². The maximum atomic E-state index is 12.2. The summed E-state index contributed by atoms with van der Waals surface area (Å²) >= 11 is 0. The Kier molecular flexibility index (Phi) is 3.53. The molecule has 1 unspecified atom stereocenters. The van der Waals surface area contributed by atoms with Crippen molar-refractivity contribution in [3.63, 3.8) is 0 Å². The third kappa shape index (κ3) is 2.36. The van der Waals surface area contributed by atoms with Gasteiger partial charge in [-0.15, -0.1) is 0 Å². The van der Waals surface area contributed by atoms with Crippen LogP contribution in [0.1, 0.15) is 41.5 Å². The lowest BCUT2D eigenvalue weighted by molar-refractivity contribution is 0.244. The second kappa shape index (κ2) is 5.59. The van der Waals surface area contributed by atoms with Crippen LogP contribution in [0.4, 0.5) is 0 Å². The molecule has 0 aromatic carbocycles. The lowest BCUT2D eigenvalue weighted by atomic mass is 10.0. The molecule has 0 amide bonds. The molecule has 1 aliphatic rings. The number of rotatable bonds is 3. The van der Waals surface area contributed by atoms with E-state index in [2.05, 4.69) is 33.9 Å². The number of aryl methyl sites for hydroxylation is 2. The van der Waals surface area contributed by atoms with E-state index in [0.29, 0.717) is 18.2 Å². The van der Waals surface area contributed by atoms with Gasteiger partial charge in [-0.1, -0.05) is 0 Å². The Morgan fingerprint density at radius 3 is 2.96 bits per heavy atom. The molecule has 1 atom stereocenters. The van der Waals surface area contributed by atoms with Gasteiger partial charge in [-0.2, -0.15) is 5.10 Å². The van der Waals surface area contributed by atoms with Crippen LogP contribution < -0.4 is 5.56 Å². The van der Waals surface area contributed by atoms with E-state index >= 15 is 0 Å². The SMILES string of the molecule is Cc1nn(C)c(C)c1C1CCCN1Cc1cc(=O)n2[nH]ccc2n1. The van der Waals surface area contributed by atoms with Crippen LogP contribution in [-0.4, -0.2) is 35.8 Å². The summed E-state index contributed by atoms with van der Waals surface area (Å²) in [5.74, 6) is 0. The summed E-state index contributed by atoms with van der Waals surface area (Å²) < 4.78 is 3.41. The molecule has 0 radical (unpaired) electrons. The quantitative estimate of drug-likeness (QED) is 0.795. The van der Waals surface area contributed by atoms with Gasteiger partial charge in [0.2, 0.25) is 0 Å². The normalized spacial score (nSPS) is 18.7. The highest BCUT2D eigenvalue weighted by Crippen LogP contribution is 2.36. The maximum absolute atomic E-state index is 12.2. The molecular weight excluding hydrogens is 304 g/mol. The van der Waals surface area contributed by atoms with Gasteiger partial charge < -0.3 is 0 Å². The van der Waals surface area contributed by atoms with E-state index in [0.717, 1.165) is 30.8 Å². The first-order valence-corrected chi connectivity index (χ1v) is 8.35. The molecule has 0 spiro atoms. The molecule has 0 saturated carbocycles. The van der Waals surface area contributed by atoms with Gasteiger partial charge in [0.1, 0.15) is 0 Å². The van der Waals surface area contributed by atoms with Crippen molar-refractivity contribution in [3.8, 4) is 0 Å². The summed E-state index contributed by atoms with van der Waals surface area (Å²) in [5, 5.41) is 7.44. The summed E-state index contributed by atoms with van der Waals surface area (Å²) in [6, 6.07) is 3.80. The topological polar surface area (TPSA) is 71.2 Å². The molecule has 1 aliphatic heterocycles. The summed E-state index contributed by atoms with van der Waals surface area (Å²) in [6.07, 6.45) is 4.01. The van der Waals surface area contributed by atoms with Crippen molar-refractivity contribution in [2.75, 3.05) is 6.54 Å². The van der Waals surface area contributed by atoms with Crippen LogP contribution >= 0.6 is 0 Å². The standard InChI is InChI=1S/C17H22N6O/c1-11-17(12(2)21(3)20-11)14-5-4-8-22(14)10-13-9-16(24)23-15(19-13)6-7-18-23/h6-7,9,14,18H,4-5,8,10H2,1-3H3. The summed E-state index contributed by atoms with van der Waals surface area (Å²) in [5.41, 5.74) is 5.08. The number of hydrogen-bond acceptors (Lipinski definition) is 4. The molecule has 1 fully saturated rings. The van der Waals surface area contributed by atoms with Crippen LogP contribution in [0.5, 0.6) is 0 Å². The van der Waals surface area contributed by atoms with Gasteiger partial charge in [0, 0.05) is 49.2 Å². The minimum atomic E-state index is -0.0653. The van der Waals surface area contributed by atoms with E-state index < -0.39 is 0 Å². The van der Waals surface area contributed by atoms with Crippen LogP contribution in [0.3, 0.4) is 0 Å². The largest absolute Gasteiger partial charge is 0.297 e. The monoisotopic (exact) mass is 326 g/mol. The predicted molar refractivity (Wildman–Crippen MR) is 90.9 cm³/mol. The average molecular weight is 326 g/mol. The Labute approximate surface area is 139 Å². The van der Waals surface area contributed by atoms with Gasteiger partial charge in [-0.05, 0) is 33.2 Å².